The van der Waals surface area contributed by atoms with Gasteiger partial charge in [-0.2, -0.15) is 0 Å². The van der Waals surface area contributed by atoms with Crippen molar-refractivity contribution in [2.24, 2.45) is 5.92 Å². The minimum Gasteiger partial charge on any atom is -0.368 e. The van der Waals surface area contributed by atoms with Crippen molar-refractivity contribution >= 4 is 21.6 Å². The van der Waals surface area contributed by atoms with E-state index in [1.54, 1.807) is 6.07 Å². The molecule has 1 nitrogen and oxygen atoms in total. The van der Waals surface area contributed by atoms with Gasteiger partial charge in [0, 0.05) is 29.2 Å². The van der Waals surface area contributed by atoms with Crippen LogP contribution in [0.3, 0.4) is 0 Å². The van der Waals surface area contributed by atoms with E-state index in [2.05, 4.69) is 40.7 Å². The molecule has 2 rings (SSSR count). The Morgan fingerprint density at radius 3 is 2.67 bits per heavy atom. The van der Waals surface area contributed by atoms with E-state index in [-0.39, 0.29) is 5.82 Å². The minimum atomic E-state index is -0.0976. The lowest BCUT2D eigenvalue weighted by atomic mass is 10.1. The average molecular weight is 314 g/mol. The van der Waals surface area contributed by atoms with Gasteiger partial charge in [0.15, 0.2) is 0 Å². The molecule has 1 aromatic carbocycles. The summed E-state index contributed by atoms with van der Waals surface area (Å²) < 4.78 is 13.8. The molecule has 0 aliphatic heterocycles. The van der Waals surface area contributed by atoms with Crippen molar-refractivity contribution in [1.82, 2.24) is 0 Å². The van der Waals surface area contributed by atoms with Crippen LogP contribution in [-0.2, 0) is 5.33 Å². The van der Waals surface area contributed by atoms with Gasteiger partial charge in [-0.3, -0.25) is 0 Å². The van der Waals surface area contributed by atoms with Gasteiger partial charge in [0.2, 0.25) is 0 Å². The van der Waals surface area contributed by atoms with Crippen molar-refractivity contribution in [3.63, 3.8) is 0 Å². The molecule has 100 valence electrons. The average Bonchev–Trinajstić information content (AvgIpc) is 3.13. The summed E-state index contributed by atoms with van der Waals surface area (Å²) in [5, 5.41) is 0.583. The van der Waals surface area contributed by atoms with Gasteiger partial charge in [0.05, 0.1) is 0 Å². The Morgan fingerprint density at radius 1 is 1.39 bits per heavy atom. The van der Waals surface area contributed by atoms with Gasteiger partial charge in [-0.05, 0) is 37.3 Å². The third-order valence-corrected chi connectivity index (χ3v) is 4.03. The van der Waals surface area contributed by atoms with Crippen molar-refractivity contribution in [2.75, 3.05) is 11.4 Å². The van der Waals surface area contributed by atoms with Crippen LogP contribution in [0.15, 0.2) is 18.2 Å². The lowest BCUT2D eigenvalue weighted by Gasteiger charge is -2.27. The van der Waals surface area contributed by atoms with Crippen LogP contribution in [0.2, 0.25) is 0 Å². The molecule has 18 heavy (non-hydrogen) atoms. The van der Waals surface area contributed by atoms with Crippen LogP contribution in [0, 0.1) is 11.7 Å². The maximum atomic E-state index is 13.8. The first-order valence-corrected chi connectivity index (χ1v) is 7.85. The van der Waals surface area contributed by atoms with E-state index in [1.807, 2.05) is 6.07 Å². The van der Waals surface area contributed by atoms with Crippen LogP contribution >= 0.6 is 15.9 Å². The monoisotopic (exact) mass is 313 g/mol. The Labute approximate surface area is 118 Å². The molecule has 0 radical (unpaired) electrons. The van der Waals surface area contributed by atoms with E-state index in [0.29, 0.717) is 17.3 Å². The van der Waals surface area contributed by atoms with Crippen LogP contribution in [0.1, 0.15) is 38.7 Å². The first-order chi connectivity index (χ1) is 8.63. The van der Waals surface area contributed by atoms with Crippen LogP contribution in [0.4, 0.5) is 10.1 Å². The first-order valence-electron chi connectivity index (χ1n) is 6.73. The zero-order valence-corrected chi connectivity index (χ0v) is 12.7. The molecule has 0 spiro atoms. The number of hydrogen-bond acceptors (Lipinski definition) is 1. The third kappa shape index (κ3) is 3.25. The van der Waals surface area contributed by atoms with Gasteiger partial charge < -0.3 is 4.90 Å². The second kappa shape index (κ2) is 6.05. The summed E-state index contributed by atoms with van der Waals surface area (Å²) in [6, 6.07) is 6.05. The summed E-state index contributed by atoms with van der Waals surface area (Å²) >= 11 is 3.41. The van der Waals surface area contributed by atoms with Gasteiger partial charge >= 0.3 is 0 Å². The third-order valence-electron chi connectivity index (χ3n) is 3.47. The van der Waals surface area contributed by atoms with Gasteiger partial charge in [0.1, 0.15) is 5.82 Å². The van der Waals surface area contributed by atoms with E-state index < -0.39 is 0 Å². The Bertz CT molecular complexity index is 401. The summed E-state index contributed by atoms with van der Waals surface area (Å²) in [7, 11) is 0. The molecule has 1 aliphatic rings. The van der Waals surface area contributed by atoms with Gasteiger partial charge in [-0.15, -0.1) is 0 Å². The molecule has 1 aromatic rings. The predicted octanol–water partition coefficient (Wildman–Crippen LogP) is 4.74. The summed E-state index contributed by atoms with van der Waals surface area (Å²) in [6.45, 7) is 5.51. The summed E-state index contributed by atoms with van der Waals surface area (Å²) in [5.74, 6) is 0.590. The molecule has 0 atom stereocenters. The molecule has 1 fully saturated rings. The molecule has 0 heterocycles. The molecule has 0 bridgehead atoms. The second-order valence-electron chi connectivity index (χ2n) is 5.48. The van der Waals surface area contributed by atoms with E-state index in [1.165, 1.54) is 12.8 Å². The van der Waals surface area contributed by atoms with E-state index in [9.17, 15) is 4.39 Å². The summed E-state index contributed by atoms with van der Waals surface area (Å²) in [4.78, 5) is 2.40. The normalized spacial score (nSPS) is 15.2. The highest BCUT2D eigenvalue weighted by atomic mass is 79.9. The maximum Gasteiger partial charge on any atom is 0.129 e. The highest BCUT2D eigenvalue weighted by Crippen LogP contribution is 2.35. The SMILES string of the molecule is CC(C)CCN(c1cccc(F)c1CBr)C1CC1. The topological polar surface area (TPSA) is 3.24 Å². The number of nitrogens with zero attached hydrogens (tertiary/aromatic N) is 1. The molecule has 0 unspecified atom stereocenters. The predicted molar refractivity (Wildman–Crippen MR) is 78.9 cm³/mol. The Morgan fingerprint density at radius 2 is 2.11 bits per heavy atom. The Kier molecular flexibility index (Phi) is 4.66. The highest BCUT2D eigenvalue weighted by molar-refractivity contribution is 9.08. The fourth-order valence-electron chi connectivity index (χ4n) is 2.23. The van der Waals surface area contributed by atoms with Crippen molar-refractivity contribution in [2.45, 2.75) is 44.5 Å². The summed E-state index contributed by atoms with van der Waals surface area (Å²) in [6.07, 6.45) is 3.65. The van der Waals surface area contributed by atoms with E-state index in [4.69, 9.17) is 0 Å². The van der Waals surface area contributed by atoms with Crippen molar-refractivity contribution in [3.05, 3.63) is 29.6 Å². The van der Waals surface area contributed by atoms with Gasteiger partial charge in [0.25, 0.3) is 0 Å². The van der Waals surface area contributed by atoms with Crippen molar-refractivity contribution in [3.8, 4) is 0 Å². The number of rotatable bonds is 6. The quantitative estimate of drug-likeness (QED) is 0.686. The zero-order valence-electron chi connectivity index (χ0n) is 11.1. The van der Waals surface area contributed by atoms with Gasteiger partial charge in [-0.1, -0.05) is 35.8 Å². The molecule has 1 saturated carbocycles. The van der Waals surface area contributed by atoms with Crippen LogP contribution in [0.5, 0.6) is 0 Å². The number of hydrogen-bond donors (Lipinski definition) is 0. The number of halogens is 2. The first kappa shape index (κ1) is 13.9. The van der Waals surface area contributed by atoms with Crippen molar-refractivity contribution < 1.29 is 4.39 Å². The Balaban J connectivity index is 2.22. The van der Waals surface area contributed by atoms with Crippen LogP contribution in [0.25, 0.3) is 0 Å². The largest absolute Gasteiger partial charge is 0.368 e. The molecule has 0 aromatic heterocycles. The minimum absolute atomic E-state index is 0.0976. The zero-order chi connectivity index (χ0) is 13.1. The smallest absolute Gasteiger partial charge is 0.129 e. The molecule has 0 amide bonds. The van der Waals surface area contributed by atoms with E-state index in [0.717, 1.165) is 24.2 Å². The van der Waals surface area contributed by atoms with Crippen molar-refractivity contribution in [1.29, 1.82) is 0 Å². The lowest BCUT2D eigenvalue weighted by Crippen LogP contribution is -2.28. The maximum absolute atomic E-state index is 13.8. The number of anilines is 1. The standard InChI is InChI=1S/C15H21BrFN/c1-11(2)8-9-18(12-6-7-12)15-5-3-4-14(17)13(15)10-16/h3-5,11-12H,6-10H2,1-2H3. The fraction of sp³-hybridized carbons (Fsp3) is 0.600. The van der Waals surface area contributed by atoms with E-state index >= 15 is 0 Å². The molecule has 3 heteroatoms. The number of alkyl halides is 1. The number of benzene rings is 1. The van der Waals surface area contributed by atoms with Crippen LogP contribution in [-0.4, -0.2) is 12.6 Å². The lowest BCUT2D eigenvalue weighted by molar-refractivity contribution is 0.567. The van der Waals surface area contributed by atoms with Gasteiger partial charge in [-0.25, -0.2) is 4.39 Å². The molecular weight excluding hydrogens is 293 g/mol. The highest BCUT2D eigenvalue weighted by Gasteiger charge is 2.30. The Hall–Kier alpha value is -0.570. The summed E-state index contributed by atoms with van der Waals surface area (Å²) in [5.41, 5.74) is 1.88. The second-order valence-corrected chi connectivity index (χ2v) is 6.04. The molecule has 0 saturated heterocycles. The van der Waals surface area contributed by atoms with Crippen LogP contribution < -0.4 is 4.90 Å². The molecular formula is C15H21BrFN. The molecule has 1 aliphatic carbocycles. The molecule has 0 N–H and O–H groups in total. The fourth-order valence-corrected chi connectivity index (χ4v) is 2.79.